The first-order valence-electron chi connectivity index (χ1n) is 7.06. The van der Waals surface area contributed by atoms with E-state index in [2.05, 4.69) is 22.1 Å². The average Bonchev–Trinajstić information content (AvgIpc) is 3.19. The van der Waals surface area contributed by atoms with Crippen LogP contribution in [0, 0.1) is 5.92 Å². The van der Waals surface area contributed by atoms with Gasteiger partial charge in [-0.05, 0) is 37.9 Å². The van der Waals surface area contributed by atoms with E-state index in [0.717, 1.165) is 11.5 Å². The molecule has 114 valence electrons. The van der Waals surface area contributed by atoms with Gasteiger partial charge in [0, 0.05) is 18.2 Å². The summed E-state index contributed by atoms with van der Waals surface area (Å²) in [4.78, 5) is 6.69. The van der Waals surface area contributed by atoms with Crippen LogP contribution in [0.4, 0.5) is 0 Å². The summed E-state index contributed by atoms with van der Waals surface area (Å²) >= 11 is 0. The predicted octanol–water partition coefficient (Wildman–Crippen LogP) is 2.33. The summed E-state index contributed by atoms with van der Waals surface area (Å²) in [6, 6.07) is 10.2. The lowest BCUT2D eigenvalue weighted by molar-refractivity contribution is 0.208. The first kappa shape index (κ1) is 15.9. The molecule has 1 aromatic heterocycles. The lowest BCUT2D eigenvalue weighted by atomic mass is 10.1. The zero-order valence-electron chi connectivity index (χ0n) is 12.1. The molecule has 5 nitrogen and oxygen atoms in total. The number of nitrogens with zero attached hydrogens (tertiary/aromatic N) is 3. The van der Waals surface area contributed by atoms with Crippen molar-refractivity contribution in [2.75, 3.05) is 13.6 Å². The van der Waals surface area contributed by atoms with Gasteiger partial charge in [-0.1, -0.05) is 23.4 Å². The first-order valence-corrected chi connectivity index (χ1v) is 7.06. The van der Waals surface area contributed by atoms with Gasteiger partial charge in [-0.2, -0.15) is 4.98 Å². The van der Waals surface area contributed by atoms with Gasteiger partial charge in [0.25, 0.3) is 5.89 Å². The van der Waals surface area contributed by atoms with Crippen molar-refractivity contribution in [3.63, 3.8) is 0 Å². The van der Waals surface area contributed by atoms with E-state index in [0.29, 0.717) is 30.8 Å². The highest BCUT2D eigenvalue weighted by atomic mass is 35.5. The Labute approximate surface area is 130 Å². The molecule has 1 aliphatic carbocycles. The lowest BCUT2D eigenvalue weighted by Gasteiger charge is -2.25. The van der Waals surface area contributed by atoms with Crippen molar-refractivity contribution in [1.29, 1.82) is 0 Å². The molecule has 0 spiro atoms. The van der Waals surface area contributed by atoms with Gasteiger partial charge in [-0.15, -0.1) is 12.4 Å². The molecule has 21 heavy (non-hydrogen) atoms. The molecule has 1 atom stereocenters. The molecule has 0 saturated heterocycles. The Morgan fingerprint density at radius 2 is 2.05 bits per heavy atom. The topological polar surface area (TPSA) is 68.2 Å². The number of aromatic nitrogens is 2. The Kier molecular flexibility index (Phi) is 5.33. The van der Waals surface area contributed by atoms with Crippen LogP contribution >= 0.6 is 12.4 Å². The third-order valence-electron chi connectivity index (χ3n) is 3.85. The summed E-state index contributed by atoms with van der Waals surface area (Å²) in [7, 11) is 2.08. The summed E-state index contributed by atoms with van der Waals surface area (Å²) in [5.41, 5.74) is 6.81. The number of nitrogens with two attached hydrogens (primary N) is 1. The van der Waals surface area contributed by atoms with Crippen LogP contribution in [-0.2, 0) is 6.54 Å². The van der Waals surface area contributed by atoms with E-state index in [1.54, 1.807) is 0 Å². The molecule has 0 radical (unpaired) electrons. The number of halogens is 1. The molecule has 1 heterocycles. The number of rotatable bonds is 6. The Bertz CT molecular complexity index is 556. The largest absolute Gasteiger partial charge is 0.334 e. The molecule has 2 N–H and O–H groups in total. The second kappa shape index (κ2) is 7.02. The molecule has 6 heteroatoms. The minimum absolute atomic E-state index is 0. The highest BCUT2D eigenvalue weighted by Crippen LogP contribution is 2.34. The van der Waals surface area contributed by atoms with Crippen LogP contribution in [-0.4, -0.2) is 34.7 Å². The van der Waals surface area contributed by atoms with Crippen LogP contribution in [0.15, 0.2) is 34.9 Å². The molecular weight excluding hydrogens is 288 g/mol. The lowest BCUT2D eigenvalue weighted by Crippen LogP contribution is -2.39. The Hall–Kier alpha value is -1.43. The van der Waals surface area contributed by atoms with Crippen molar-refractivity contribution < 1.29 is 4.52 Å². The molecule has 0 bridgehead atoms. The van der Waals surface area contributed by atoms with Gasteiger partial charge in [-0.3, -0.25) is 4.90 Å². The molecule has 1 saturated carbocycles. The fraction of sp³-hybridized carbons (Fsp3) is 0.467. The van der Waals surface area contributed by atoms with Gasteiger partial charge in [0.15, 0.2) is 5.82 Å². The zero-order valence-corrected chi connectivity index (χ0v) is 12.9. The van der Waals surface area contributed by atoms with Gasteiger partial charge in [0.2, 0.25) is 0 Å². The predicted molar refractivity (Wildman–Crippen MR) is 84.0 cm³/mol. The van der Waals surface area contributed by atoms with Crippen LogP contribution in [0.25, 0.3) is 11.5 Å². The van der Waals surface area contributed by atoms with Gasteiger partial charge in [0.05, 0.1) is 6.54 Å². The Balaban J connectivity index is 0.00000161. The van der Waals surface area contributed by atoms with Crippen molar-refractivity contribution in [2.24, 2.45) is 11.7 Å². The van der Waals surface area contributed by atoms with Gasteiger partial charge < -0.3 is 10.3 Å². The van der Waals surface area contributed by atoms with Gasteiger partial charge in [-0.25, -0.2) is 0 Å². The zero-order chi connectivity index (χ0) is 13.9. The molecular formula is C15H21ClN4O. The Morgan fingerprint density at radius 3 is 2.67 bits per heavy atom. The van der Waals surface area contributed by atoms with Crippen molar-refractivity contribution in [1.82, 2.24) is 15.0 Å². The molecule has 0 aliphatic heterocycles. The van der Waals surface area contributed by atoms with E-state index in [1.165, 1.54) is 12.8 Å². The molecule has 2 aromatic rings. The van der Waals surface area contributed by atoms with Crippen LogP contribution < -0.4 is 5.73 Å². The number of likely N-dealkylation sites (N-methyl/N-ethyl adjacent to an activating group) is 1. The van der Waals surface area contributed by atoms with Crippen LogP contribution in [0.2, 0.25) is 0 Å². The maximum atomic E-state index is 5.86. The average molecular weight is 309 g/mol. The molecule has 0 amide bonds. The summed E-state index contributed by atoms with van der Waals surface area (Å²) in [5.74, 6) is 2.03. The van der Waals surface area contributed by atoms with E-state index >= 15 is 0 Å². The maximum absolute atomic E-state index is 5.86. The van der Waals surface area contributed by atoms with Crippen molar-refractivity contribution in [2.45, 2.75) is 25.4 Å². The fourth-order valence-electron chi connectivity index (χ4n) is 2.57. The first-order chi connectivity index (χ1) is 9.78. The standard InChI is InChI=1S/C15H20N4O.ClH/c1-19(13(9-16)11-7-8-11)10-14-17-15(20-18-14)12-5-3-2-4-6-12;/h2-6,11,13H,7-10,16H2,1H3;1H. The van der Waals surface area contributed by atoms with E-state index in [9.17, 15) is 0 Å². The Morgan fingerprint density at radius 1 is 1.33 bits per heavy atom. The van der Waals surface area contributed by atoms with E-state index in [4.69, 9.17) is 10.3 Å². The highest BCUT2D eigenvalue weighted by molar-refractivity contribution is 5.85. The normalized spacial score (nSPS) is 15.8. The van der Waals surface area contributed by atoms with Gasteiger partial charge in [0.1, 0.15) is 0 Å². The summed E-state index contributed by atoms with van der Waals surface area (Å²) < 4.78 is 5.32. The number of hydrogen-bond donors (Lipinski definition) is 1. The van der Waals surface area contributed by atoms with Crippen LogP contribution in [0.3, 0.4) is 0 Å². The van der Waals surface area contributed by atoms with Crippen LogP contribution in [0.5, 0.6) is 0 Å². The van der Waals surface area contributed by atoms with E-state index < -0.39 is 0 Å². The SMILES string of the molecule is CN(Cc1noc(-c2ccccc2)n1)C(CN)C1CC1.Cl. The number of benzene rings is 1. The fourth-order valence-corrected chi connectivity index (χ4v) is 2.57. The summed E-state index contributed by atoms with van der Waals surface area (Å²) in [5, 5.41) is 4.06. The molecule has 1 unspecified atom stereocenters. The minimum atomic E-state index is 0. The highest BCUT2D eigenvalue weighted by Gasteiger charge is 2.33. The molecule has 1 aromatic carbocycles. The van der Waals surface area contributed by atoms with E-state index in [1.807, 2.05) is 30.3 Å². The summed E-state index contributed by atoms with van der Waals surface area (Å²) in [6.07, 6.45) is 2.57. The smallest absolute Gasteiger partial charge is 0.257 e. The van der Waals surface area contributed by atoms with Crippen molar-refractivity contribution in [3.05, 3.63) is 36.2 Å². The second-order valence-electron chi connectivity index (χ2n) is 5.44. The number of hydrogen-bond acceptors (Lipinski definition) is 5. The molecule has 1 aliphatic rings. The van der Waals surface area contributed by atoms with Crippen LogP contribution in [0.1, 0.15) is 18.7 Å². The van der Waals surface area contributed by atoms with Gasteiger partial charge >= 0.3 is 0 Å². The quantitative estimate of drug-likeness (QED) is 0.887. The maximum Gasteiger partial charge on any atom is 0.257 e. The molecule has 3 rings (SSSR count). The second-order valence-corrected chi connectivity index (χ2v) is 5.44. The third kappa shape index (κ3) is 3.81. The molecule has 1 fully saturated rings. The van der Waals surface area contributed by atoms with Crippen molar-refractivity contribution >= 4 is 12.4 Å². The summed E-state index contributed by atoms with van der Waals surface area (Å²) in [6.45, 7) is 1.36. The van der Waals surface area contributed by atoms with E-state index in [-0.39, 0.29) is 12.4 Å². The third-order valence-corrected chi connectivity index (χ3v) is 3.85. The van der Waals surface area contributed by atoms with Crippen molar-refractivity contribution in [3.8, 4) is 11.5 Å². The minimum Gasteiger partial charge on any atom is -0.334 e. The monoisotopic (exact) mass is 308 g/mol.